The Morgan fingerprint density at radius 3 is 2.50 bits per heavy atom. The van der Waals surface area contributed by atoms with Crippen molar-refractivity contribution >= 4 is 17.9 Å². The lowest BCUT2D eigenvalue weighted by Crippen LogP contribution is -2.40. The fourth-order valence-corrected chi connectivity index (χ4v) is 2.96. The molecule has 0 aromatic heterocycles. The molecule has 1 aliphatic rings. The summed E-state index contributed by atoms with van der Waals surface area (Å²) in [4.78, 5) is 37.4. The predicted molar refractivity (Wildman–Crippen MR) is 95.6 cm³/mol. The summed E-state index contributed by atoms with van der Waals surface area (Å²) in [6, 6.07) is 14.3. The second-order valence-corrected chi connectivity index (χ2v) is 6.31. The number of aryl methyl sites for hydroxylation is 2. The van der Waals surface area contributed by atoms with Gasteiger partial charge in [-0.15, -0.1) is 0 Å². The van der Waals surface area contributed by atoms with E-state index in [1.54, 1.807) is 6.07 Å². The van der Waals surface area contributed by atoms with Gasteiger partial charge < -0.3 is 10.1 Å². The Morgan fingerprint density at radius 1 is 1.15 bits per heavy atom. The van der Waals surface area contributed by atoms with Crippen LogP contribution in [0.3, 0.4) is 0 Å². The fraction of sp³-hybridized carbons (Fsp3) is 0.250. The van der Waals surface area contributed by atoms with E-state index in [4.69, 9.17) is 4.74 Å². The van der Waals surface area contributed by atoms with Gasteiger partial charge in [0, 0.05) is 5.56 Å². The van der Waals surface area contributed by atoms with Gasteiger partial charge in [-0.3, -0.25) is 9.59 Å². The Kier molecular flexibility index (Phi) is 5.02. The number of imide groups is 1. The molecule has 6 nitrogen and oxygen atoms in total. The van der Waals surface area contributed by atoms with Crippen LogP contribution in [0.25, 0.3) is 0 Å². The average Bonchev–Trinajstić information content (AvgIpc) is 2.93. The predicted octanol–water partition coefficient (Wildman–Crippen LogP) is 2.75. The molecule has 1 saturated heterocycles. The average molecular weight is 352 g/mol. The highest BCUT2D eigenvalue weighted by Gasteiger charge is 2.33. The summed E-state index contributed by atoms with van der Waals surface area (Å²) in [5.41, 5.74) is 3.31. The number of hydrogen-bond acceptors (Lipinski definition) is 4. The molecule has 1 unspecified atom stereocenters. The van der Waals surface area contributed by atoms with E-state index >= 15 is 0 Å². The van der Waals surface area contributed by atoms with Crippen LogP contribution in [0.15, 0.2) is 48.5 Å². The third-order valence-electron chi connectivity index (χ3n) is 4.34. The van der Waals surface area contributed by atoms with E-state index in [9.17, 15) is 14.4 Å². The van der Waals surface area contributed by atoms with Crippen LogP contribution < -0.4 is 5.32 Å². The lowest BCUT2D eigenvalue weighted by molar-refractivity contribution is -0.126. The van der Waals surface area contributed by atoms with Crippen LogP contribution in [0.5, 0.6) is 0 Å². The molecule has 0 bridgehead atoms. The minimum absolute atomic E-state index is 0.0261. The second kappa shape index (κ2) is 7.39. The zero-order valence-corrected chi connectivity index (χ0v) is 14.7. The van der Waals surface area contributed by atoms with Gasteiger partial charge in [-0.25, -0.2) is 9.69 Å². The van der Waals surface area contributed by atoms with Crippen molar-refractivity contribution in [3.8, 4) is 0 Å². The zero-order chi connectivity index (χ0) is 18.7. The van der Waals surface area contributed by atoms with Crippen LogP contribution in [0.4, 0.5) is 4.79 Å². The Morgan fingerprint density at radius 2 is 1.88 bits per heavy atom. The highest BCUT2D eigenvalue weighted by atomic mass is 16.6. The molecule has 0 radical (unpaired) electrons. The molecule has 2 aromatic carbocycles. The number of hydrogen-bond donors (Lipinski definition) is 1. The topological polar surface area (TPSA) is 75.7 Å². The highest BCUT2D eigenvalue weighted by molar-refractivity contribution is 5.98. The van der Waals surface area contributed by atoms with Gasteiger partial charge in [0.2, 0.25) is 0 Å². The number of carbonyl (C=O) groups is 3. The summed E-state index contributed by atoms with van der Waals surface area (Å²) in [5.74, 6) is -0.659. The van der Waals surface area contributed by atoms with E-state index in [2.05, 4.69) is 5.32 Å². The van der Waals surface area contributed by atoms with Crippen molar-refractivity contribution in [2.45, 2.75) is 19.9 Å². The lowest BCUT2D eigenvalue weighted by Gasteiger charge is -2.23. The molecule has 1 heterocycles. The van der Waals surface area contributed by atoms with Crippen LogP contribution in [-0.4, -0.2) is 36.0 Å². The Hall–Kier alpha value is -3.15. The molecule has 3 rings (SSSR count). The smallest absolute Gasteiger partial charge is 0.417 e. The first-order valence-electron chi connectivity index (χ1n) is 8.36. The molecule has 134 valence electrons. The number of cyclic esters (lactones) is 1. The van der Waals surface area contributed by atoms with E-state index < -0.39 is 18.0 Å². The largest absolute Gasteiger partial charge is 0.439 e. The molecular formula is C20H20N2O4. The number of carbonyl (C=O) groups excluding carboxylic acids is 3. The number of nitrogens with zero attached hydrogens (tertiary/aromatic N) is 1. The van der Waals surface area contributed by atoms with Gasteiger partial charge in [0.25, 0.3) is 11.8 Å². The van der Waals surface area contributed by atoms with Crippen molar-refractivity contribution in [3.63, 3.8) is 0 Å². The van der Waals surface area contributed by atoms with E-state index in [0.29, 0.717) is 5.56 Å². The van der Waals surface area contributed by atoms with Crippen LogP contribution >= 0.6 is 0 Å². The summed E-state index contributed by atoms with van der Waals surface area (Å²) in [7, 11) is 0. The molecule has 26 heavy (non-hydrogen) atoms. The molecule has 0 spiro atoms. The molecule has 1 aliphatic heterocycles. The first kappa shape index (κ1) is 17.7. The SMILES string of the molecule is Cc1ccc(C(=O)NC(CN2C(=O)COC2=O)c2ccccc2)c(C)c1. The van der Waals surface area contributed by atoms with Gasteiger partial charge in [-0.2, -0.15) is 0 Å². The number of nitrogens with one attached hydrogen (secondary N) is 1. The van der Waals surface area contributed by atoms with Crippen LogP contribution in [0.2, 0.25) is 0 Å². The molecule has 3 amide bonds. The Balaban J connectivity index is 1.85. The van der Waals surface area contributed by atoms with Crippen LogP contribution in [0.1, 0.15) is 33.1 Å². The van der Waals surface area contributed by atoms with Crippen molar-refractivity contribution in [2.24, 2.45) is 0 Å². The second-order valence-electron chi connectivity index (χ2n) is 6.31. The van der Waals surface area contributed by atoms with E-state index in [1.165, 1.54) is 0 Å². The van der Waals surface area contributed by atoms with Crippen molar-refractivity contribution in [2.75, 3.05) is 13.2 Å². The van der Waals surface area contributed by atoms with Gasteiger partial charge in [-0.05, 0) is 31.0 Å². The minimum Gasteiger partial charge on any atom is -0.439 e. The normalized spacial score (nSPS) is 14.9. The molecule has 0 saturated carbocycles. The third-order valence-corrected chi connectivity index (χ3v) is 4.34. The number of ether oxygens (including phenoxy) is 1. The quantitative estimate of drug-likeness (QED) is 0.898. The number of amides is 3. The van der Waals surface area contributed by atoms with Crippen LogP contribution in [0, 0.1) is 13.8 Å². The van der Waals surface area contributed by atoms with E-state index in [1.807, 2.05) is 56.3 Å². The molecule has 6 heteroatoms. The van der Waals surface area contributed by atoms with Crippen molar-refractivity contribution in [3.05, 3.63) is 70.8 Å². The third kappa shape index (κ3) is 3.74. The maximum Gasteiger partial charge on any atom is 0.417 e. The monoisotopic (exact) mass is 352 g/mol. The molecule has 1 fully saturated rings. The number of benzene rings is 2. The molecule has 1 N–H and O–H groups in total. The Labute approximate surface area is 151 Å². The zero-order valence-electron chi connectivity index (χ0n) is 14.7. The first-order chi connectivity index (χ1) is 12.5. The van der Waals surface area contributed by atoms with E-state index in [-0.39, 0.29) is 19.1 Å². The van der Waals surface area contributed by atoms with Crippen molar-refractivity contribution in [1.82, 2.24) is 10.2 Å². The summed E-state index contributed by atoms with van der Waals surface area (Å²) in [6.07, 6.45) is -0.684. The molecule has 1 atom stereocenters. The lowest BCUT2D eigenvalue weighted by atomic mass is 10.0. The van der Waals surface area contributed by atoms with Crippen molar-refractivity contribution < 1.29 is 19.1 Å². The van der Waals surface area contributed by atoms with Crippen molar-refractivity contribution in [1.29, 1.82) is 0 Å². The summed E-state index contributed by atoms with van der Waals surface area (Å²) < 4.78 is 4.76. The summed E-state index contributed by atoms with van der Waals surface area (Å²) in [6.45, 7) is 3.61. The van der Waals surface area contributed by atoms with Gasteiger partial charge in [0.05, 0.1) is 12.6 Å². The minimum atomic E-state index is -0.684. The first-order valence-corrected chi connectivity index (χ1v) is 8.36. The maximum absolute atomic E-state index is 12.8. The van der Waals surface area contributed by atoms with Gasteiger partial charge in [0.15, 0.2) is 6.61 Å². The fourth-order valence-electron chi connectivity index (χ4n) is 2.96. The van der Waals surface area contributed by atoms with Gasteiger partial charge in [-0.1, -0.05) is 48.0 Å². The molecule has 0 aliphatic carbocycles. The van der Waals surface area contributed by atoms with Crippen LogP contribution in [-0.2, 0) is 9.53 Å². The van der Waals surface area contributed by atoms with Gasteiger partial charge in [0.1, 0.15) is 0 Å². The van der Waals surface area contributed by atoms with E-state index in [0.717, 1.165) is 21.6 Å². The highest BCUT2D eigenvalue weighted by Crippen LogP contribution is 2.19. The molecular weight excluding hydrogens is 332 g/mol. The number of rotatable bonds is 5. The Bertz CT molecular complexity index is 832. The summed E-state index contributed by atoms with van der Waals surface area (Å²) in [5, 5.41) is 2.94. The standard InChI is InChI=1S/C20H20N2O4/c1-13-8-9-16(14(2)10-13)19(24)21-17(15-6-4-3-5-7-15)11-22-18(23)12-26-20(22)25/h3-10,17H,11-12H2,1-2H3,(H,21,24). The molecule has 2 aromatic rings. The summed E-state index contributed by atoms with van der Waals surface area (Å²) >= 11 is 0. The maximum atomic E-state index is 12.8. The van der Waals surface area contributed by atoms with Gasteiger partial charge >= 0.3 is 6.09 Å².